The topological polar surface area (TPSA) is 147 Å². The molecule has 0 heterocycles. The number of primary amides is 1. The third-order valence-corrected chi connectivity index (χ3v) is 4.16. The molecule has 0 bridgehead atoms. The van der Waals surface area contributed by atoms with E-state index in [1.807, 2.05) is 0 Å². The highest BCUT2D eigenvalue weighted by atomic mass is 35.5. The normalized spacial score (nSPS) is 13.4. The Bertz CT molecular complexity index is 770. The highest BCUT2D eigenvalue weighted by molar-refractivity contribution is 6.18. The van der Waals surface area contributed by atoms with E-state index in [0.717, 1.165) is 0 Å². The van der Waals surface area contributed by atoms with Gasteiger partial charge in [0.15, 0.2) is 0 Å². The van der Waals surface area contributed by atoms with Crippen LogP contribution in [-0.4, -0.2) is 65.0 Å². The van der Waals surface area contributed by atoms with Gasteiger partial charge in [-0.1, -0.05) is 0 Å². The predicted molar refractivity (Wildman–Crippen MR) is 112 cm³/mol. The number of hydrazone groups is 1. The van der Waals surface area contributed by atoms with Gasteiger partial charge in [-0.05, 0) is 48.5 Å². The maximum atomic E-state index is 11.1. The number of nitrogens with one attached hydrogen (secondary N) is 1. The van der Waals surface area contributed by atoms with Gasteiger partial charge in [-0.25, -0.2) is 10.2 Å². The maximum Gasteiger partial charge on any atom is 0.332 e. The fraction of sp³-hybridized carbons (Fsp3) is 0.300. The van der Waals surface area contributed by atoms with Crippen molar-refractivity contribution in [2.45, 2.75) is 12.2 Å². The van der Waals surface area contributed by atoms with Crippen LogP contribution in [0.15, 0.2) is 53.6 Å². The largest absolute Gasteiger partial charge is 0.491 e. The van der Waals surface area contributed by atoms with Crippen LogP contribution in [0.2, 0.25) is 0 Å². The van der Waals surface area contributed by atoms with Gasteiger partial charge in [0.1, 0.15) is 36.9 Å². The predicted octanol–water partition coefficient (Wildman–Crippen LogP) is 0.818. The molecule has 2 atom stereocenters. The van der Waals surface area contributed by atoms with Gasteiger partial charge in [0, 0.05) is 11.1 Å². The number of urea groups is 1. The zero-order valence-electron chi connectivity index (χ0n) is 16.1. The van der Waals surface area contributed by atoms with E-state index in [4.69, 9.17) is 31.9 Å². The van der Waals surface area contributed by atoms with Crippen molar-refractivity contribution in [3.63, 3.8) is 0 Å². The lowest BCUT2D eigenvalue weighted by atomic mass is 10.0. The van der Waals surface area contributed by atoms with Gasteiger partial charge in [0.2, 0.25) is 0 Å². The molecule has 30 heavy (non-hydrogen) atoms. The lowest BCUT2D eigenvalue weighted by Gasteiger charge is -2.12. The molecule has 0 spiro atoms. The molecule has 2 aromatic carbocycles. The van der Waals surface area contributed by atoms with E-state index >= 15 is 0 Å². The van der Waals surface area contributed by atoms with Crippen LogP contribution >= 0.6 is 11.6 Å². The van der Waals surface area contributed by atoms with Gasteiger partial charge in [-0.15, -0.1) is 11.6 Å². The number of amides is 2. The highest BCUT2D eigenvalue weighted by Crippen LogP contribution is 2.19. The molecule has 0 saturated carbocycles. The van der Waals surface area contributed by atoms with Crippen LogP contribution in [0.4, 0.5) is 4.79 Å². The number of carbonyl (C=O) groups is 1. The van der Waals surface area contributed by atoms with Gasteiger partial charge in [-0.2, -0.15) is 5.10 Å². The van der Waals surface area contributed by atoms with Crippen molar-refractivity contribution in [3.05, 3.63) is 59.7 Å². The Morgan fingerprint density at radius 2 is 1.43 bits per heavy atom. The van der Waals surface area contributed by atoms with Gasteiger partial charge in [0.05, 0.1) is 18.2 Å². The first-order chi connectivity index (χ1) is 14.4. The quantitative estimate of drug-likeness (QED) is 0.200. The lowest BCUT2D eigenvalue weighted by Crippen LogP contribution is -2.26. The molecule has 0 fully saturated rings. The second-order valence-corrected chi connectivity index (χ2v) is 6.56. The summed E-state index contributed by atoms with van der Waals surface area (Å²) < 4.78 is 10.8. The van der Waals surface area contributed by atoms with Crippen LogP contribution in [0.25, 0.3) is 0 Å². The molecule has 162 valence electrons. The lowest BCUT2D eigenvalue weighted by molar-refractivity contribution is 0.0536. The summed E-state index contributed by atoms with van der Waals surface area (Å²) in [6, 6.07) is 12.9. The number of hydrogen-bond donors (Lipinski definition) is 5. The summed E-state index contributed by atoms with van der Waals surface area (Å²) in [5, 5.41) is 31.7. The van der Waals surface area contributed by atoms with Crippen LogP contribution in [0.1, 0.15) is 11.1 Å². The van der Waals surface area contributed by atoms with Crippen LogP contribution in [0.5, 0.6) is 11.5 Å². The molecule has 2 rings (SSSR count). The number of nitrogens with zero attached hydrogens (tertiary/aromatic N) is 1. The third kappa shape index (κ3) is 7.53. The molecule has 2 amide bonds. The average Bonchev–Trinajstić information content (AvgIpc) is 2.77. The summed E-state index contributed by atoms with van der Waals surface area (Å²) in [6.07, 6.45) is -1.73. The third-order valence-electron chi connectivity index (χ3n) is 3.81. The molecule has 0 aliphatic carbocycles. The molecule has 10 heteroatoms. The highest BCUT2D eigenvalue weighted by Gasteiger charge is 2.10. The molecule has 6 N–H and O–H groups in total. The first-order valence-corrected chi connectivity index (χ1v) is 9.59. The number of benzene rings is 2. The molecule has 2 aromatic rings. The average molecular weight is 438 g/mol. The minimum absolute atomic E-state index is 0.0418. The summed E-state index contributed by atoms with van der Waals surface area (Å²) in [7, 11) is 0. The number of halogens is 1. The van der Waals surface area contributed by atoms with Crippen LogP contribution < -0.4 is 20.6 Å². The monoisotopic (exact) mass is 437 g/mol. The summed E-state index contributed by atoms with van der Waals surface area (Å²) in [5.41, 5.74) is 9.15. The molecule has 0 aromatic heterocycles. The van der Waals surface area contributed by atoms with Crippen molar-refractivity contribution < 1.29 is 29.6 Å². The van der Waals surface area contributed by atoms with Crippen LogP contribution in [0.3, 0.4) is 0 Å². The Labute approximate surface area is 178 Å². The standard InChI is InChI=1S/C20H24ClN3O6/c21-9-15(26)11-29-17-5-1-13(2-6-17)19(23-24-20(22)28)14-3-7-18(8-4-14)30-12-16(27)10-25/h1-8,15-16,25-27H,9-12H2,(H3,22,24,28)/t15-,16-/m0/s1. The van der Waals surface area contributed by atoms with E-state index in [9.17, 15) is 15.0 Å². The number of hydrogen-bond acceptors (Lipinski definition) is 7. The molecule has 0 unspecified atom stereocenters. The van der Waals surface area contributed by atoms with E-state index < -0.39 is 24.8 Å². The summed E-state index contributed by atoms with van der Waals surface area (Å²) in [5.74, 6) is 1.11. The Morgan fingerprint density at radius 3 is 1.83 bits per heavy atom. The second-order valence-electron chi connectivity index (χ2n) is 6.25. The van der Waals surface area contributed by atoms with Crippen molar-refractivity contribution in [2.75, 3.05) is 25.7 Å². The Hall–Kier alpha value is -2.85. The van der Waals surface area contributed by atoms with E-state index in [1.54, 1.807) is 48.5 Å². The molecule has 0 aliphatic rings. The van der Waals surface area contributed by atoms with Crippen molar-refractivity contribution in [1.29, 1.82) is 0 Å². The number of rotatable bonds is 11. The number of aliphatic hydroxyl groups excluding tert-OH is 3. The molecular formula is C20H24ClN3O6. The fourth-order valence-electron chi connectivity index (χ4n) is 2.31. The van der Waals surface area contributed by atoms with Gasteiger partial charge < -0.3 is 30.5 Å². The smallest absolute Gasteiger partial charge is 0.332 e. The zero-order valence-corrected chi connectivity index (χ0v) is 16.8. The Balaban J connectivity index is 2.18. The van der Waals surface area contributed by atoms with E-state index in [-0.39, 0.29) is 19.1 Å². The fourth-order valence-corrected chi connectivity index (χ4v) is 2.40. The second kappa shape index (κ2) is 12.0. The Morgan fingerprint density at radius 1 is 0.967 bits per heavy atom. The molecule has 0 aliphatic heterocycles. The Kier molecular flexibility index (Phi) is 9.36. The molecule has 9 nitrogen and oxygen atoms in total. The van der Waals surface area contributed by atoms with Crippen molar-refractivity contribution in [1.82, 2.24) is 5.43 Å². The number of nitrogens with two attached hydrogens (primary N) is 1. The summed E-state index contributed by atoms with van der Waals surface area (Å²) >= 11 is 5.54. The SMILES string of the molecule is NC(=O)NN=C(c1ccc(OC[C@@H](O)CO)cc1)c1ccc(OC[C@@H](O)CCl)cc1. The first-order valence-electron chi connectivity index (χ1n) is 9.05. The van der Waals surface area contributed by atoms with Crippen molar-refractivity contribution in [2.24, 2.45) is 10.8 Å². The minimum atomic E-state index is -0.965. The van der Waals surface area contributed by atoms with E-state index in [0.29, 0.717) is 28.3 Å². The van der Waals surface area contributed by atoms with Gasteiger partial charge in [0.25, 0.3) is 0 Å². The zero-order chi connectivity index (χ0) is 21.9. The molecule has 0 saturated heterocycles. The molecule has 0 radical (unpaired) electrons. The number of alkyl halides is 1. The summed E-state index contributed by atoms with van der Waals surface area (Å²) in [6.45, 7) is -0.364. The van der Waals surface area contributed by atoms with Crippen LogP contribution in [-0.2, 0) is 0 Å². The summed E-state index contributed by atoms with van der Waals surface area (Å²) in [4.78, 5) is 11.1. The van der Waals surface area contributed by atoms with E-state index in [1.165, 1.54) is 0 Å². The molecular weight excluding hydrogens is 414 g/mol. The van der Waals surface area contributed by atoms with Crippen molar-refractivity contribution in [3.8, 4) is 11.5 Å². The number of carbonyl (C=O) groups excluding carboxylic acids is 1. The maximum absolute atomic E-state index is 11.1. The van der Waals surface area contributed by atoms with Crippen molar-refractivity contribution >= 4 is 23.3 Å². The number of aliphatic hydroxyl groups is 3. The van der Waals surface area contributed by atoms with Gasteiger partial charge in [-0.3, -0.25) is 0 Å². The first kappa shape index (κ1) is 23.4. The minimum Gasteiger partial charge on any atom is -0.491 e. The number of ether oxygens (including phenoxy) is 2. The van der Waals surface area contributed by atoms with Gasteiger partial charge >= 0.3 is 6.03 Å². The van der Waals surface area contributed by atoms with Crippen LogP contribution in [0, 0.1) is 0 Å². The van der Waals surface area contributed by atoms with E-state index in [2.05, 4.69) is 10.5 Å².